The van der Waals surface area contributed by atoms with Crippen molar-refractivity contribution in [1.29, 1.82) is 0 Å². The molecule has 3 heteroatoms. The Morgan fingerprint density at radius 3 is 2.92 bits per heavy atom. The summed E-state index contributed by atoms with van der Waals surface area (Å²) in [7, 11) is 0. The number of nitrogens with two attached hydrogens (primary N) is 1. The number of nitrogens with zero attached hydrogens (tertiary/aromatic N) is 1. The Morgan fingerprint density at radius 1 is 1.62 bits per heavy atom. The lowest BCUT2D eigenvalue weighted by Crippen LogP contribution is -2.11. The maximum atomic E-state index is 5.66. The van der Waals surface area contributed by atoms with Gasteiger partial charge in [0.15, 0.2) is 11.6 Å². The second-order valence-corrected chi connectivity index (χ2v) is 3.23. The van der Waals surface area contributed by atoms with Crippen molar-refractivity contribution in [2.24, 2.45) is 0 Å². The van der Waals surface area contributed by atoms with Crippen molar-refractivity contribution in [2.45, 2.75) is 33.3 Å². The topological polar surface area (TPSA) is 48.1 Å². The summed E-state index contributed by atoms with van der Waals surface area (Å²) in [5, 5.41) is 0. The van der Waals surface area contributed by atoms with E-state index in [1.54, 1.807) is 6.20 Å². The monoisotopic (exact) mass is 180 g/mol. The molecule has 1 heterocycles. The molecule has 0 spiro atoms. The van der Waals surface area contributed by atoms with Crippen LogP contribution in [0.2, 0.25) is 0 Å². The van der Waals surface area contributed by atoms with Gasteiger partial charge in [-0.05, 0) is 31.9 Å². The molecule has 0 saturated carbocycles. The second kappa shape index (κ2) is 4.12. The van der Waals surface area contributed by atoms with Crippen LogP contribution in [0.1, 0.15) is 25.8 Å². The first kappa shape index (κ1) is 9.84. The van der Waals surface area contributed by atoms with Crippen LogP contribution < -0.4 is 10.5 Å². The molecule has 0 fully saturated rings. The minimum Gasteiger partial charge on any atom is -0.487 e. The highest BCUT2D eigenvalue weighted by Crippen LogP contribution is 2.21. The molecular weight excluding hydrogens is 164 g/mol. The molecule has 0 radical (unpaired) electrons. The van der Waals surface area contributed by atoms with E-state index in [0.29, 0.717) is 11.6 Å². The highest BCUT2D eigenvalue weighted by Gasteiger charge is 2.05. The molecule has 0 aliphatic heterocycles. The van der Waals surface area contributed by atoms with Crippen molar-refractivity contribution in [3.05, 3.63) is 17.8 Å². The van der Waals surface area contributed by atoms with Crippen LogP contribution in [0.15, 0.2) is 12.3 Å². The molecule has 0 aliphatic carbocycles. The SMILES string of the molecule is CC[C@H](C)Oc1cc(C)cnc1N. The van der Waals surface area contributed by atoms with E-state index >= 15 is 0 Å². The Balaban J connectivity index is 2.81. The molecule has 3 nitrogen and oxygen atoms in total. The third-order valence-electron chi connectivity index (χ3n) is 1.92. The fourth-order valence-corrected chi connectivity index (χ4v) is 0.947. The summed E-state index contributed by atoms with van der Waals surface area (Å²) in [6.07, 6.45) is 2.89. The van der Waals surface area contributed by atoms with Crippen LogP contribution in [0.25, 0.3) is 0 Å². The lowest BCUT2D eigenvalue weighted by molar-refractivity contribution is 0.218. The lowest BCUT2D eigenvalue weighted by atomic mass is 10.3. The Morgan fingerprint density at radius 2 is 2.31 bits per heavy atom. The van der Waals surface area contributed by atoms with Crippen molar-refractivity contribution < 1.29 is 4.74 Å². The third kappa shape index (κ3) is 2.61. The van der Waals surface area contributed by atoms with Crippen LogP contribution >= 0.6 is 0 Å². The van der Waals surface area contributed by atoms with Gasteiger partial charge in [-0.3, -0.25) is 0 Å². The molecule has 2 N–H and O–H groups in total. The summed E-state index contributed by atoms with van der Waals surface area (Å²) >= 11 is 0. The number of pyridine rings is 1. The predicted molar refractivity (Wildman–Crippen MR) is 53.8 cm³/mol. The quantitative estimate of drug-likeness (QED) is 0.775. The van der Waals surface area contributed by atoms with E-state index in [2.05, 4.69) is 11.9 Å². The molecule has 1 aromatic heterocycles. The number of nitrogen functional groups attached to an aromatic ring is 1. The maximum absolute atomic E-state index is 5.66. The lowest BCUT2D eigenvalue weighted by Gasteiger charge is -2.13. The van der Waals surface area contributed by atoms with E-state index in [-0.39, 0.29) is 6.10 Å². The van der Waals surface area contributed by atoms with E-state index in [9.17, 15) is 0 Å². The molecule has 0 aromatic carbocycles. The Labute approximate surface area is 78.9 Å². The van der Waals surface area contributed by atoms with Gasteiger partial charge >= 0.3 is 0 Å². The molecule has 1 atom stereocenters. The van der Waals surface area contributed by atoms with Gasteiger partial charge in [-0.2, -0.15) is 0 Å². The van der Waals surface area contributed by atoms with Gasteiger partial charge in [0.1, 0.15) is 0 Å². The number of aryl methyl sites for hydroxylation is 1. The van der Waals surface area contributed by atoms with Crippen molar-refractivity contribution in [2.75, 3.05) is 5.73 Å². The summed E-state index contributed by atoms with van der Waals surface area (Å²) < 4.78 is 5.59. The van der Waals surface area contributed by atoms with Crippen molar-refractivity contribution >= 4 is 5.82 Å². The first-order valence-corrected chi connectivity index (χ1v) is 4.52. The molecule has 0 bridgehead atoms. The standard InChI is InChI=1S/C10H16N2O/c1-4-8(3)13-9-5-7(2)6-12-10(9)11/h5-6,8H,4H2,1-3H3,(H2,11,12)/t8-/m0/s1. The number of hydrogen-bond acceptors (Lipinski definition) is 3. The van der Waals surface area contributed by atoms with Gasteiger partial charge in [-0.25, -0.2) is 4.98 Å². The zero-order chi connectivity index (χ0) is 9.84. The first-order valence-electron chi connectivity index (χ1n) is 4.52. The van der Waals surface area contributed by atoms with Gasteiger partial charge in [0.2, 0.25) is 0 Å². The van der Waals surface area contributed by atoms with Gasteiger partial charge in [0.25, 0.3) is 0 Å². The summed E-state index contributed by atoms with van der Waals surface area (Å²) in [5.41, 5.74) is 6.72. The first-order chi connectivity index (χ1) is 6.13. The van der Waals surface area contributed by atoms with Gasteiger partial charge in [0.05, 0.1) is 6.10 Å². The number of ether oxygens (including phenoxy) is 1. The van der Waals surface area contributed by atoms with E-state index in [0.717, 1.165) is 12.0 Å². The summed E-state index contributed by atoms with van der Waals surface area (Å²) in [5.74, 6) is 1.15. The number of hydrogen-bond donors (Lipinski definition) is 1. The normalized spacial score (nSPS) is 12.5. The van der Waals surface area contributed by atoms with Crippen molar-refractivity contribution in [1.82, 2.24) is 4.98 Å². The van der Waals surface area contributed by atoms with E-state index in [1.165, 1.54) is 0 Å². The van der Waals surface area contributed by atoms with Crippen LogP contribution in [0, 0.1) is 6.92 Å². The highest BCUT2D eigenvalue weighted by atomic mass is 16.5. The Kier molecular flexibility index (Phi) is 3.12. The molecule has 1 rings (SSSR count). The van der Waals surface area contributed by atoms with E-state index < -0.39 is 0 Å². The van der Waals surface area contributed by atoms with Gasteiger partial charge in [-0.1, -0.05) is 6.92 Å². The van der Waals surface area contributed by atoms with Crippen molar-refractivity contribution in [3.63, 3.8) is 0 Å². The molecule has 13 heavy (non-hydrogen) atoms. The Bertz CT molecular complexity index is 286. The average Bonchev–Trinajstić information content (AvgIpc) is 2.11. The predicted octanol–water partition coefficient (Wildman–Crippen LogP) is 2.15. The molecule has 0 aliphatic rings. The third-order valence-corrected chi connectivity index (χ3v) is 1.92. The highest BCUT2D eigenvalue weighted by molar-refractivity contribution is 5.46. The molecule has 0 saturated heterocycles. The zero-order valence-electron chi connectivity index (χ0n) is 8.37. The number of aromatic nitrogens is 1. The van der Waals surface area contributed by atoms with E-state index in [1.807, 2.05) is 19.9 Å². The minimum atomic E-state index is 0.186. The van der Waals surface area contributed by atoms with Crippen LogP contribution in [-0.4, -0.2) is 11.1 Å². The Hall–Kier alpha value is -1.25. The summed E-state index contributed by atoms with van der Waals surface area (Å²) in [6.45, 7) is 6.06. The summed E-state index contributed by atoms with van der Waals surface area (Å²) in [6, 6.07) is 1.91. The fraction of sp³-hybridized carbons (Fsp3) is 0.500. The fourth-order valence-electron chi connectivity index (χ4n) is 0.947. The molecule has 0 amide bonds. The largest absolute Gasteiger partial charge is 0.487 e. The number of rotatable bonds is 3. The second-order valence-electron chi connectivity index (χ2n) is 3.23. The van der Waals surface area contributed by atoms with Crippen LogP contribution in [0.5, 0.6) is 5.75 Å². The zero-order valence-corrected chi connectivity index (χ0v) is 8.37. The molecule has 1 aromatic rings. The molecular formula is C10H16N2O. The molecule has 0 unspecified atom stereocenters. The maximum Gasteiger partial charge on any atom is 0.166 e. The van der Waals surface area contributed by atoms with Crippen molar-refractivity contribution in [3.8, 4) is 5.75 Å². The summed E-state index contributed by atoms with van der Waals surface area (Å²) in [4.78, 5) is 4.02. The van der Waals surface area contributed by atoms with E-state index in [4.69, 9.17) is 10.5 Å². The van der Waals surface area contributed by atoms with Crippen LogP contribution in [0.4, 0.5) is 5.82 Å². The molecule has 72 valence electrons. The average molecular weight is 180 g/mol. The number of anilines is 1. The smallest absolute Gasteiger partial charge is 0.166 e. The van der Waals surface area contributed by atoms with Gasteiger partial charge in [-0.15, -0.1) is 0 Å². The van der Waals surface area contributed by atoms with Crippen LogP contribution in [0.3, 0.4) is 0 Å². The minimum absolute atomic E-state index is 0.186. The van der Waals surface area contributed by atoms with Gasteiger partial charge < -0.3 is 10.5 Å². The van der Waals surface area contributed by atoms with Gasteiger partial charge in [0, 0.05) is 6.20 Å². The van der Waals surface area contributed by atoms with Crippen LogP contribution in [-0.2, 0) is 0 Å².